The van der Waals surface area contributed by atoms with Gasteiger partial charge in [-0.3, -0.25) is 0 Å². The van der Waals surface area contributed by atoms with E-state index < -0.39 is 0 Å². The van der Waals surface area contributed by atoms with Gasteiger partial charge in [-0.05, 0) is 42.0 Å². The summed E-state index contributed by atoms with van der Waals surface area (Å²) >= 11 is 0. The number of H-pyrrole nitrogens is 1. The summed E-state index contributed by atoms with van der Waals surface area (Å²) in [6, 6.07) is 10.7. The molecule has 0 saturated heterocycles. The van der Waals surface area contributed by atoms with E-state index in [0.717, 1.165) is 36.6 Å². The molecule has 1 aromatic carbocycles. The van der Waals surface area contributed by atoms with Gasteiger partial charge in [0.05, 0.1) is 23.6 Å². The van der Waals surface area contributed by atoms with Crippen LogP contribution in [0.25, 0.3) is 11.5 Å². The average Bonchev–Trinajstić information content (AvgIpc) is 3.11. The maximum absolute atomic E-state index is 13.8. The first-order valence-corrected chi connectivity index (χ1v) is 8.16. The second-order valence-electron chi connectivity index (χ2n) is 6.08. The van der Waals surface area contributed by atoms with E-state index in [-0.39, 0.29) is 5.82 Å². The zero-order valence-electron chi connectivity index (χ0n) is 13.9. The minimum Gasteiger partial charge on any atom is -0.373 e. The lowest BCUT2D eigenvalue weighted by Crippen LogP contribution is -2.24. The van der Waals surface area contributed by atoms with Crippen LogP contribution in [0.15, 0.2) is 36.4 Å². The van der Waals surface area contributed by atoms with Crippen LogP contribution in [0.2, 0.25) is 0 Å². The maximum Gasteiger partial charge on any atom is 0.222 e. The summed E-state index contributed by atoms with van der Waals surface area (Å²) in [5.41, 5.74) is 3.47. The number of anilines is 2. The number of pyridine rings is 1. The van der Waals surface area contributed by atoms with Gasteiger partial charge in [-0.2, -0.15) is 5.21 Å². The minimum absolute atomic E-state index is 0.229. The molecule has 0 spiro atoms. The molecule has 0 aliphatic carbocycles. The molecule has 0 bridgehead atoms. The molecule has 128 valence electrons. The maximum atomic E-state index is 13.8. The van der Waals surface area contributed by atoms with Crippen molar-refractivity contribution in [3.8, 4) is 11.5 Å². The molecule has 7 nitrogen and oxygen atoms in total. The first-order chi connectivity index (χ1) is 12.2. The quantitative estimate of drug-likeness (QED) is 0.789. The minimum atomic E-state index is -0.229. The number of halogens is 1. The van der Waals surface area contributed by atoms with Gasteiger partial charge in [-0.15, -0.1) is 10.2 Å². The van der Waals surface area contributed by atoms with Crippen LogP contribution in [0.4, 0.5) is 15.8 Å². The third-order valence-corrected chi connectivity index (χ3v) is 4.35. The van der Waals surface area contributed by atoms with Gasteiger partial charge in [-0.25, -0.2) is 9.37 Å². The monoisotopic (exact) mass is 339 g/mol. The van der Waals surface area contributed by atoms with Crippen molar-refractivity contribution in [2.45, 2.75) is 13.0 Å². The van der Waals surface area contributed by atoms with Gasteiger partial charge in [0.2, 0.25) is 5.82 Å². The predicted molar refractivity (Wildman–Crippen MR) is 92.7 cm³/mol. The van der Waals surface area contributed by atoms with E-state index in [1.165, 1.54) is 6.07 Å². The fourth-order valence-corrected chi connectivity index (χ4v) is 3.13. The topological polar surface area (TPSA) is 73.8 Å². The highest BCUT2D eigenvalue weighted by Gasteiger charge is 2.20. The standard InChI is InChI=1S/C17H18FN7/c1-24-8-3-9-25(16-10-12(18)6-7-15(16)24)11-13-4-2-5-14(19-13)17-20-22-23-21-17/h2,4-7,10H,3,8-9,11H2,1H3,(H,20,21,22,23). The fraction of sp³-hybridized carbons (Fsp3) is 0.294. The van der Waals surface area contributed by atoms with Gasteiger partial charge in [-0.1, -0.05) is 6.07 Å². The number of benzene rings is 1. The Labute approximate surface area is 144 Å². The van der Waals surface area contributed by atoms with Crippen molar-refractivity contribution in [3.63, 3.8) is 0 Å². The summed E-state index contributed by atoms with van der Waals surface area (Å²) in [7, 11) is 2.04. The zero-order valence-corrected chi connectivity index (χ0v) is 13.9. The lowest BCUT2D eigenvalue weighted by molar-refractivity contribution is 0.626. The molecular weight excluding hydrogens is 321 g/mol. The van der Waals surface area contributed by atoms with Gasteiger partial charge >= 0.3 is 0 Å². The molecule has 0 unspecified atom stereocenters. The van der Waals surface area contributed by atoms with Gasteiger partial charge in [0.1, 0.15) is 11.5 Å². The van der Waals surface area contributed by atoms with Crippen LogP contribution in [0, 0.1) is 5.82 Å². The van der Waals surface area contributed by atoms with Gasteiger partial charge in [0.15, 0.2) is 0 Å². The number of aromatic amines is 1. The van der Waals surface area contributed by atoms with Crippen LogP contribution < -0.4 is 9.80 Å². The molecule has 25 heavy (non-hydrogen) atoms. The van der Waals surface area contributed by atoms with Crippen LogP contribution >= 0.6 is 0 Å². The van der Waals surface area contributed by atoms with Gasteiger partial charge in [0.25, 0.3) is 0 Å². The van der Waals surface area contributed by atoms with Crippen molar-refractivity contribution in [1.82, 2.24) is 25.6 Å². The number of hydrogen-bond acceptors (Lipinski definition) is 6. The Morgan fingerprint density at radius 2 is 2.08 bits per heavy atom. The zero-order chi connectivity index (χ0) is 17.2. The molecule has 3 heterocycles. The van der Waals surface area contributed by atoms with Crippen molar-refractivity contribution in [1.29, 1.82) is 0 Å². The third-order valence-electron chi connectivity index (χ3n) is 4.35. The van der Waals surface area contributed by atoms with Crippen molar-refractivity contribution < 1.29 is 4.39 Å². The van der Waals surface area contributed by atoms with Crippen molar-refractivity contribution in [3.05, 3.63) is 47.9 Å². The normalized spacial score (nSPS) is 14.3. The number of hydrogen-bond donors (Lipinski definition) is 1. The predicted octanol–water partition coefficient (Wildman–Crippen LogP) is 2.25. The molecule has 0 atom stereocenters. The molecule has 2 aromatic heterocycles. The van der Waals surface area contributed by atoms with E-state index in [4.69, 9.17) is 0 Å². The van der Waals surface area contributed by atoms with E-state index >= 15 is 0 Å². The van der Waals surface area contributed by atoms with Gasteiger partial charge in [0, 0.05) is 20.1 Å². The van der Waals surface area contributed by atoms with Crippen molar-refractivity contribution >= 4 is 11.4 Å². The number of nitrogens with one attached hydrogen (secondary N) is 1. The lowest BCUT2D eigenvalue weighted by Gasteiger charge is -2.25. The first-order valence-electron chi connectivity index (χ1n) is 8.16. The summed E-state index contributed by atoms with van der Waals surface area (Å²) in [4.78, 5) is 8.96. The Bertz CT molecular complexity index is 865. The number of nitrogens with zero attached hydrogens (tertiary/aromatic N) is 6. The molecule has 0 radical (unpaired) electrons. The molecule has 3 aromatic rings. The molecule has 0 fully saturated rings. The van der Waals surface area contributed by atoms with E-state index in [1.54, 1.807) is 6.07 Å². The van der Waals surface area contributed by atoms with E-state index in [2.05, 4.69) is 35.4 Å². The summed E-state index contributed by atoms with van der Waals surface area (Å²) < 4.78 is 13.8. The van der Waals surface area contributed by atoms with Crippen molar-refractivity contribution in [2.75, 3.05) is 29.9 Å². The van der Waals surface area contributed by atoms with Crippen molar-refractivity contribution in [2.24, 2.45) is 0 Å². The van der Waals surface area contributed by atoms with Crippen LogP contribution in [-0.2, 0) is 6.54 Å². The second kappa shape index (κ2) is 6.46. The first kappa shape index (κ1) is 15.5. The number of tetrazole rings is 1. The summed E-state index contributed by atoms with van der Waals surface area (Å²) in [5.74, 6) is 0.233. The molecule has 1 aliphatic rings. The molecule has 8 heteroatoms. The molecule has 0 saturated carbocycles. The number of fused-ring (bicyclic) bond motifs is 1. The molecule has 0 amide bonds. The SMILES string of the molecule is CN1CCCN(Cc2cccc(-c3nn[nH]n3)n2)c2cc(F)ccc21. The van der Waals surface area contributed by atoms with E-state index in [0.29, 0.717) is 18.1 Å². The largest absolute Gasteiger partial charge is 0.373 e. The van der Waals surface area contributed by atoms with Crippen LogP contribution in [0.5, 0.6) is 0 Å². The molecule has 1 aliphatic heterocycles. The Kier molecular flexibility index (Phi) is 4.01. The highest BCUT2D eigenvalue weighted by molar-refractivity contribution is 5.72. The summed E-state index contributed by atoms with van der Waals surface area (Å²) in [5, 5.41) is 13.9. The van der Waals surface area contributed by atoms with E-state index in [9.17, 15) is 4.39 Å². The third kappa shape index (κ3) is 3.15. The second-order valence-corrected chi connectivity index (χ2v) is 6.08. The Morgan fingerprint density at radius 3 is 2.92 bits per heavy atom. The van der Waals surface area contributed by atoms with E-state index in [1.807, 2.05) is 31.3 Å². The Balaban J connectivity index is 1.66. The van der Waals surface area contributed by atoms with Crippen LogP contribution in [0.1, 0.15) is 12.1 Å². The number of rotatable bonds is 3. The molecule has 4 rings (SSSR count). The van der Waals surface area contributed by atoms with Gasteiger partial charge < -0.3 is 9.80 Å². The average molecular weight is 339 g/mol. The van der Waals surface area contributed by atoms with Crippen LogP contribution in [0.3, 0.4) is 0 Å². The summed E-state index contributed by atoms with van der Waals surface area (Å²) in [6.07, 6.45) is 0.997. The Morgan fingerprint density at radius 1 is 1.16 bits per heavy atom. The fourth-order valence-electron chi connectivity index (χ4n) is 3.13. The smallest absolute Gasteiger partial charge is 0.222 e. The molecular formula is C17H18FN7. The Hall–Kier alpha value is -3.03. The van der Waals surface area contributed by atoms with Crippen LogP contribution in [-0.4, -0.2) is 45.7 Å². The lowest BCUT2D eigenvalue weighted by atomic mass is 10.2. The summed E-state index contributed by atoms with van der Waals surface area (Å²) in [6.45, 7) is 2.37. The number of aromatic nitrogens is 5. The highest BCUT2D eigenvalue weighted by Crippen LogP contribution is 2.33. The molecule has 1 N–H and O–H groups in total. The highest BCUT2D eigenvalue weighted by atomic mass is 19.1.